The number of carboxylic acids is 1. The summed E-state index contributed by atoms with van der Waals surface area (Å²) >= 11 is 0. The summed E-state index contributed by atoms with van der Waals surface area (Å²) in [5, 5.41) is 9.03. The monoisotopic (exact) mass is 236 g/mol. The van der Waals surface area contributed by atoms with E-state index in [0.717, 1.165) is 0 Å². The van der Waals surface area contributed by atoms with E-state index in [4.69, 9.17) is 5.11 Å². The average molecular weight is 236 g/mol. The molecular weight excluding hydrogens is 220 g/mol. The summed E-state index contributed by atoms with van der Waals surface area (Å²) in [6.07, 6.45) is 0. The van der Waals surface area contributed by atoms with Crippen molar-refractivity contribution in [1.29, 1.82) is 0 Å². The molecule has 0 saturated heterocycles. The average Bonchev–Trinajstić information content (AvgIpc) is 2.30. The van der Waals surface area contributed by atoms with Gasteiger partial charge in [-0.15, -0.1) is 0 Å². The lowest BCUT2D eigenvalue weighted by atomic mass is 10.2. The number of hydrogen-bond donors (Lipinski definition) is 1. The van der Waals surface area contributed by atoms with Crippen LogP contribution in [-0.4, -0.2) is 42.1 Å². The molecule has 0 saturated carbocycles. The zero-order chi connectivity index (χ0) is 13.0. The van der Waals surface area contributed by atoms with E-state index in [1.54, 1.807) is 38.4 Å². The Morgan fingerprint density at radius 1 is 1.18 bits per heavy atom. The largest absolute Gasteiger partial charge is 0.480 e. The van der Waals surface area contributed by atoms with Gasteiger partial charge in [-0.2, -0.15) is 0 Å². The first-order valence-corrected chi connectivity index (χ1v) is 5.23. The Hall–Kier alpha value is -2.04. The Balaban J connectivity index is 3.12. The third-order valence-electron chi connectivity index (χ3n) is 2.37. The number of nitrogens with zero attached hydrogens (tertiary/aromatic N) is 2. The van der Waals surface area contributed by atoms with Crippen molar-refractivity contribution in [1.82, 2.24) is 4.90 Å². The van der Waals surface area contributed by atoms with E-state index < -0.39 is 12.0 Å². The van der Waals surface area contributed by atoms with E-state index in [-0.39, 0.29) is 6.03 Å². The molecule has 92 valence electrons. The Morgan fingerprint density at radius 2 is 1.71 bits per heavy atom. The van der Waals surface area contributed by atoms with Gasteiger partial charge in [0.05, 0.1) is 0 Å². The number of carboxylic acid groups (broad SMARTS) is 1. The predicted octanol–water partition coefficient (Wildman–Crippen LogP) is 1.65. The van der Waals surface area contributed by atoms with Crippen LogP contribution < -0.4 is 4.90 Å². The van der Waals surface area contributed by atoms with Crippen molar-refractivity contribution in [3.63, 3.8) is 0 Å². The first kappa shape index (κ1) is 13.0. The fraction of sp³-hybridized carbons (Fsp3) is 0.333. The summed E-state index contributed by atoms with van der Waals surface area (Å²) in [4.78, 5) is 25.6. The van der Waals surface area contributed by atoms with Gasteiger partial charge >= 0.3 is 12.0 Å². The smallest absolute Gasteiger partial charge is 0.326 e. The van der Waals surface area contributed by atoms with Gasteiger partial charge in [-0.25, -0.2) is 9.59 Å². The zero-order valence-corrected chi connectivity index (χ0v) is 10.1. The lowest BCUT2D eigenvalue weighted by Crippen LogP contribution is -2.48. The molecule has 0 aromatic heterocycles. The van der Waals surface area contributed by atoms with Gasteiger partial charge in [0.15, 0.2) is 0 Å². The molecule has 0 unspecified atom stereocenters. The van der Waals surface area contributed by atoms with Crippen LogP contribution in [0, 0.1) is 0 Å². The number of carbonyl (C=O) groups is 2. The van der Waals surface area contributed by atoms with Gasteiger partial charge in [0.25, 0.3) is 0 Å². The van der Waals surface area contributed by atoms with Crippen LogP contribution in [0.5, 0.6) is 0 Å². The highest BCUT2D eigenvalue weighted by molar-refractivity contribution is 5.97. The summed E-state index contributed by atoms with van der Waals surface area (Å²) in [6.45, 7) is 1.48. The number of anilines is 1. The maximum atomic E-state index is 12.0. The van der Waals surface area contributed by atoms with Gasteiger partial charge in [-0.3, -0.25) is 4.90 Å². The number of carbonyl (C=O) groups excluding carboxylic acids is 1. The molecule has 0 aliphatic rings. The summed E-state index contributed by atoms with van der Waals surface area (Å²) in [7, 11) is 3.18. The van der Waals surface area contributed by atoms with Crippen LogP contribution >= 0.6 is 0 Å². The molecule has 0 fully saturated rings. The molecule has 0 spiro atoms. The van der Waals surface area contributed by atoms with Crippen molar-refractivity contribution in [3.8, 4) is 0 Å². The molecule has 1 N–H and O–H groups in total. The number of aliphatic carboxylic acids is 1. The third-order valence-corrected chi connectivity index (χ3v) is 2.37. The van der Waals surface area contributed by atoms with Crippen LogP contribution in [0.2, 0.25) is 0 Å². The number of urea groups is 1. The van der Waals surface area contributed by atoms with E-state index in [1.165, 1.54) is 16.7 Å². The Morgan fingerprint density at radius 3 is 2.12 bits per heavy atom. The highest BCUT2D eigenvalue weighted by Crippen LogP contribution is 2.18. The highest BCUT2D eigenvalue weighted by Gasteiger charge is 2.27. The predicted molar refractivity (Wildman–Crippen MR) is 65.1 cm³/mol. The molecule has 1 rings (SSSR count). The molecule has 17 heavy (non-hydrogen) atoms. The van der Waals surface area contributed by atoms with Gasteiger partial charge in [-0.1, -0.05) is 18.2 Å². The summed E-state index contributed by atoms with van der Waals surface area (Å²) in [5.41, 5.74) is 0.570. The van der Waals surface area contributed by atoms with Crippen LogP contribution in [0.15, 0.2) is 30.3 Å². The van der Waals surface area contributed by atoms with E-state index in [1.807, 2.05) is 6.07 Å². The fourth-order valence-corrected chi connectivity index (χ4v) is 1.41. The SMILES string of the molecule is C[C@@H](C(=O)O)N(C(=O)N(C)C)c1ccccc1. The quantitative estimate of drug-likeness (QED) is 0.868. The molecular formula is C12H16N2O3. The molecule has 0 heterocycles. The van der Waals surface area contributed by atoms with Crippen molar-refractivity contribution in [2.75, 3.05) is 19.0 Å². The minimum absolute atomic E-state index is 0.355. The van der Waals surface area contributed by atoms with E-state index in [2.05, 4.69) is 0 Å². The Bertz CT molecular complexity index is 403. The second-order valence-electron chi connectivity index (χ2n) is 3.90. The Kier molecular flexibility index (Phi) is 4.09. The minimum Gasteiger partial charge on any atom is -0.480 e. The van der Waals surface area contributed by atoms with Crippen molar-refractivity contribution < 1.29 is 14.7 Å². The van der Waals surface area contributed by atoms with Crippen molar-refractivity contribution in [2.24, 2.45) is 0 Å². The molecule has 5 heteroatoms. The van der Waals surface area contributed by atoms with Gasteiger partial charge in [0, 0.05) is 19.8 Å². The van der Waals surface area contributed by atoms with Crippen LogP contribution in [0.25, 0.3) is 0 Å². The molecule has 5 nitrogen and oxygen atoms in total. The normalized spacial score (nSPS) is 11.7. The van der Waals surface area contributed by atoms with Gasteiger partial charge in [0.2, 0.25) is 0 Å². The fourth-order valence-electron chi connectivity index (χ4n) is 1.41. The van der Waals surface area contributed by atoms with E-state index in [0.29, 0.717) is 5.69 Å². The summed E-state index contributed by atoms with van der Waals surface area (Å²) < 4.78 is 0. The standard InChI is InChI=1S/C12H16N2O3/c1-9(11(15)16)14(12(17)13(2)3)10-7-5-4-6-8-10/h4-9H,1-3H3,(H,15,16)/t9-/m0/s1. The topological polar surface area (TPSA) is 60.9 Å². The maximum absolute atomic E-state index is 12.0. The lowest BCUT2D eigenvalue weighted by Gasteiger charge is -2.29. The molecule has 1 atom stereocenters. The van der Waals surface area contributed by atoms with E-state index >= 15 is 0 Å². The number of rotatable bonds is 3. The summed E-state index contributed by atoms with van der Waals surface area (Å²) in [6, 6.07) is 7.49. The molecule has 1 aromatic carbocycles. The molecule has 0 radical (unpaired) electrons. The van der Waals surface area contributed by atoms with Crippen molar-refractivity contribution in [2.45, 2.75) is 13.0 Å². The second-order valence-corrected chi connectivity index (χ2v) is 3.90. The van der Waals surface area contributed by atoms with Crippen LogP contribution in [0.4, 0.5) is 10.5 Å². The minimum atomic E-state index is -1.04. The van der Waals surface area contributed by atoms with Crippen LogP contribution in [0.3, 0.4) is 0 Å². The first-order chi connectivity index (χ1) is 7.95. The second kappa shape index (κ2) is 5.34. The Labute approximate surface area is 100 Å². The van der Waals surface area contributed by atoms with Gasteiger partial charge in [-0.05, 0) is 19.1 Å². The molecule has 0 aliphatic carbocycles. The van der Waals surface area contributed by atoms with Crippen molar-refractivity contribution >= 4 is 17.7 Å². The number of para-hydroxylation sites is 1. The van der Waals surface area contributed by atoms with Crippen LogP contribution in [-0.2, 0) is 4.79 Å². The molecule has 0 aliphatic heterocycles. The highest BCUT2D eigenvalue weighted by atomic mass is 16.4. The molecule has 2 amide bonds. The number of amides is 2. The van der Waals surface area contributed by atoms with Crippen LogP contribution in [0.1, 0.15) is 6.92 Å². The zero-order valence-electron chi connectivity index (χ0n) is 10.1. The number of hydrogen-bond acceptors (Lipinski definition) is 2. The molecule has 0 bridgehead atoms. The summed E-state index contributed by atoms with van der Waals surface area (Å²) in [5.74, 6) is -1.04. The van der Waals surface area contributed by atoms with E-state index in [9.17, 15) is 9.59 Å². The molecule has 1 aromatic rings. The van der Waals surface area contributed by atoms with Gasteiger partial charge < -0.3 is 10.0 Å². The number of benzene rings is 1. The lowest BCUT2D eigenvalue weighted by molar-refractivity contribution is -0.138. The first-order valence-electron chi connectivity index (χ1n) is 5.23. The van der Waals surface area contributed by atoms with Crippen molar-refractivity contribution in [3.05, 3.63) is 30.3 Å². The maximum Gasteiger partial charge on any atom is 0.326 e. The van der Waals surface area contributed by atoms with Gasteiger partial charge in [0.1, 0.15) is 6.04 Å². The third kappa shape index (κ3) is 2.96.